The van der Waals surface area contributed by atoms with E-state index in [1.807, 2.05) is 6.07 Å². The predicted octanol–water partition coefficient (Wildman–Crippen LogP) is 3.31. The summed E-state index contributed by atoms with van der Waals surface area (Å²) in [6, 6.07) is 9.78. The molecule has 154 valence electrons. The topological polar surface area (TPSA) is 110 Å². The number of carbonyl (C=O) groups is 1. The van der Waals surface area contributed by atoms with Gasteiger partial charge in [-0.2, -0.15) is 4.98 Å². The second-order valence-corrected chi connectivity index (χ2v) is 8.75. The Labute approximate surface area is 178 Å². The number of pyridine rings is 2. The zero-order chi connectivity index (χ0) is 21.3. The molecule has 0 aliphatic carbocycles. The number of rotatable bonds is 6. The van der Waals surface area contributed by atoms with Crippen LogP contribution in [-0.4, -0.2) is 24.3 Å². The summed E-state index contributed by atoms with van der Waals surface area (Å²) in [5.74, 6) is 0.174. The molecule has 0 fully saturated rings. The summed E-state index contributed by atoms with van der Waals surface area (Å²) in [4.78, 5) is 20.1. The SMILES string of the molecule is Cc1c(Cl)cccc1S(=O)(=O)Nc1cc2c(nc1OCc1cccnc1)NC(=O)C2. The fourth-order valence-corrected chi connectivity index (χ4v) is 4.57. The molecule has 1 aliphatic heterocycles. The molecule has 4 rings (SSSR count). The maximum absolute atomic E-state index is 13.0. The lowest BCUT2D eigenvalue weighted by molar-refractivity contribution is -0.115. The molecule has 0 saturated carbocycles. The zero-order valence-electron chi connectivity index (χ0n) is 15.8. The Kier molecular flexibility index (Phi) is 5.31. The first-order valence-corrected chi connectivity index (χ1v) is 10.8. The molecular weight excluding hydrogens is 428 g/mol. The molecule has 3 aromatic rings. The number of nitrogens with one attached hydrogen (secondary N) is 2. The Hall–Kier alpha value is -3.17. The summed E-state index contributed by atoms with van der Waals surface area (Å²) in [5, 5.41) is 2.98. The first kappa shape index (κ1) is 20.1. The fraction of sp³-hybridized carbons (Fsp3) is 0.150. The maximum atomic E-state index is 13.0. The number of fused-ring (bicyclic) bond motifs is 1. The van der Waals surface area contributed by atoms with Gasteiger partial charge in [-0.05, 0) is 36.8 Å². The van der Waals surface area contributed by atoms with E-state index in [0.717, 1.165) is 5.56 Å². The summed E-state index contributed by atoms with van der Waals surface area (Å²) in [6.45, 7) is 1.75. The van der Waals surface area contributed by atoms with Gasteiger partial charge in [-0.15, -0.1) is 0 Å². The summed E-state index contributed by atoms with van der Waals surface area (Å²) < 4.78 is 34.3. The van der Waals surface area contributed by atoms with E-state index < -0.39 is 10.0 Å². The second kappa shape index (κ2) is 7.92. The third-order valence-corrected chi connectivity index (χ3v) is 6.44. The Balaban J connectivity index is 1.70. The highest BCUT2D eigenvalue weighted by Crippen LogP contribution is 2.34. The predicted molar refractivity (Wildman–Crippen MR) is 112 cm³/mol. The number of carbonyl (C=O) groups excluding carboxylic acids is 1. The van der Waals surface area contributed by atoms with Crippen molar-refractivity contribution in [3.05, 3.63) is 70.5 Å². The van der Waals surface area contributed by atoms with Gasteiger partial charge in [-0.25, -0.2) is 8.42 Å². The number of aromatic nitrogens is 2. The van der Waals surface area contributed by atoms with E-state index in [-0.39, 0.29) is 35.4 Å². The van der Waals surface area contributed by atoms with Gasteiger partial charge in [0.25, 0.3) is 10.0 Å². The number of nitrogens with zero attached hydrogens (tertiary/aromatic N) is 2. The van der Waals surface area contributed by atoms with Gasteiger partial charge in [0.1, 0.15) is 18.1 Å². The molecule has 0 spiro atoms. The lowest BCUT2D eigenvalue weighted by atomic mass is 10.2. The van der Waals surface area contributed by atoms with Gasteiger partial charge < -0.3 is 10.1 Å². The van der Waals surface area contributed by atoms with Crippen molar-refractivity contribution < 1.29 is 17.9 Å². The zero-order valence-corrected chi connectivity index (χ0v) is 17.4. The number of amides is 1. The fourth-order valence-electron chi connectivity index (χ4n) is 3.03. The number of sulfonamides is 1. The van der Waals surface area contributed by atoms with Crippen molar-refractivity contribution >= 4 is 39.0 Å². The molecular formula is C20H17ClN4O4S. The third kappa shape index (κ3) is 4.07. The van der Waals surface area contributed by atoms with E-state index in [9.17, 15) is 13.2 Å². The minimum Gasteiger partial charge on any atom is -0.471 e. The quantitative estimate of drug-likeness (QED) is 0.603. The van der Waals surface area contributed by atoms with Crippen LogP contribution in [0.25, 0.3) is 0 Å². The van der Waals surface area contributed by atoms with Gasteiger partial charge in [0.2, 0.25) is 11.8 Å². The summed E-state index contributed by atoms with van der Waals surface area (Å²) in [6.07, 6.45) is 3.38. The van der Waals surface area contributed by atoms with Crippen molar-refractivity contribution in [3.63, 3.8) is 0 Å². The average Bonchev–Trinajstić information content (AvgIpc) is 3.07. The van der Waals surface area contributed by atoms with Crippen molar-refractivity contribution in [2.24, 2.45) is 0 Å². The Morgan fingerprint density at radius 2 is 2.10 bits per heavy atom. The van der Waals surface area contributed by atoms with Crippen molar-refractivity contribution in [2.45, 2.75) is 24.8 Å². The normalized spacial score (nSPS) is 12.9. The second-order valence-electron chi connectivity index (χ2n) is 6.69. The van der Waals surface area contributed by atoms with Crippen molar-refractivity contribution in [2.75, 3.05) is 10.0 Å². The van der Waals surface area contributed by atoms with Crippen LogP contribution in [0.5, 0.6) is 5.88 Å². The van der Waals surface area contributed by atoms with Crippen LogP contribution in [0.4, 0.5) is 11.5 Å². The molecule has 0 atom stereocenters. The maximum Gasteiger partial charge on any atom is 0.262 e. The van der Waals surface area contributed by atoms with E-state index in [1.165, 1.54) is 6.07 Å². The van der Waals surface area contributed by atoms with Crippen LogP contribution in [0.1, 0.15) is 16.7 Å². The molecule has 2 aromatic heterocycles. The van der Waals surface area contributed by atoms with E-state index in [1.54, 1.807) is 43.6 Å². The lowest BCUT2D eigenvalue weighted by Gasteiger charge is -2.15. The van der Waals surface area contributed by atoms with Gasteiger partial charge >= 0.3 is 0 Å². The molecule has 0 unspecified atom stereocenters. The number of halogens is 1. The van der Waals surface area contributed by atoms with E-state index in [0.29, 0.717) is 22.0 Å². The van der Waals surface area contributed by atoms with E-state index in [2.05, 4.69) is 20.0 Å². The Bertz CT molecular complexity index is 1230. The number of benzene rings is 1. The molecule has 10 heteroatoms. The summed E-state index contributed by atoms with van der Waals surface area (Å²) in [5.41, 5.74) is 1.92. The minimum atomic E-state index is -3.98. The number of anilines is 2. The van der Waals surface area contributed by atoms with Gasteiger partial charge in [0, 0.05) is 28.5 Å². The average molecular weight is 445 g/mol. The molecule has 3 heterocycles. The molecule has 1 aromatic carbocycles. The third-order valence-electron chi connectivity index (χ3n) is 4.53. The highest BCUT2D eigenvalue weighted by molar-refractivity contribution is 7.92. The van der Waals surface area contributed by atoms with Crippen LogP contribution in [0, 0.1) is 6.92 Å². The van der Waals surface area contributed by atoms with E-state index >= 15 is 0 Å². The number of ether oxygens (including phenoxy) is 1. The number of hydrogen-bond acceptors (Lipinski definition) is 6. The number of hydrogen-bond donors (Lipinski definition) is 2. The van der Waals surface area contributed by atoms with E-state index in [4.69, 9.17) is 16.3 Å². The molecule has 0 saturated heterocycles. The standard InChI is InChI=1S/C20H17ClN4O4S/c1-12-15(21)5-2-6-17(12)30(27,28)25-16-8-14-9-18(26)23-19(14)24-20(16)29-11-13-4-3-7-22-10-13/h2-8,10,25H,9,11H2,1H3,(H,23,24,26). The Morgan fingerprint density at radius 3 is 2.87 bits per heavy atom. The van der Waals surface area contributed by atoms with Crippen molar-refractivity contribution in [1.29, 1.82) is 0 Å². The first-order valence-electron chi connectivity index (χ1n) is 8.97. The summed E-state index contributed by atoms with van der Waals surface area (Å²) in [7, 11) is -3.98. The van der Waals surface area contributed by atoms with Crippen molar-refractivity contribution in [3.8, 4) is 5.88 Å². The largest absolute Gasteiger partial charge is 0.471 e. The smallest absolute Gasteiger partial charge is 0.262 e. The molecule has 30 heavy (non-hydrogen) atoms. The van der Waals surface area contributed by atoms with Gasteiger partial charge in [-0.1, -0.05) is 23.7 Å². The lowest BCUT2D eigenvalue weighted by Crippen LogP contribution is -2.16. The summed E-state index contributed by atoms with van der Waals surface area (Å²) >= 11 is 6.08. The molecule has 1 amide bonds. The monoisotopic (exact) mass is 444 g/mol. The molecule has 8 nitrogen and oxygen atoms in total. The van der Waals surface area contributed by atoms with Crippen LogP contribution in [0.2, 0.25) is 5.02 Å². The molecule has 2 N–H and O–H groups in total. The van der Waals surface area contributed by atoms with Crippen LogP contribution in [0.3, 0.4) is 0 Å². The van der Waals surface area contributed by atoms with Crippen LogP contribution in [-0.2, 0) is 27.8 Å². The molecule has 0 radical (unpaired) electrons. The van der Waals surface area contributed by atoms with Gasteiger partial charge in [0.05, 0.1) is 11.3 Å². The van der Waals surface area contributed by atoms with Crippen molar-refractivity contribution in [1.82, 2.24) is 9.97 Å². The Morgan fingerprint density at radius 1 is 1.27 bits per heavy atom. The first-order chi connectivity index (χ1) is 14.3. The van der Waals surface area contributed by atoms with Crippen LogP contribution >= 0.6 is 11.6 Å². The van der Waals surface area contributed by atoms with Gasteiger partial charge in [-0.3, -0.25) is 14.5 Å². The highest BCUT2D eigenvalue weighted by Gasteiger charge is 2.26. The highest BCUT2D eigenvalue weighted by atomic mass is 35.5. The molecule has 1 aliphatic rings. The minimum absolute atomic E-state index is 0.0444. The van der Waals surface area contributed by atoms with Crippen LogP contribution < -0.4 is 14.8 Å². The van der Waals surface area contributed by atoms with Crippen LogP contribution in [0.15, 0.2) is 53.7 Å². The molecule has 0 bridgehead atoms. The van der Waals surface area contributed by atoms with Gasteiger partial charge in [0.15, 0.2) is 0 Å².